The molecule has 0 bridgehead atoms. The van der Waals surface area contributed by atoms with E-state index in [1.165, 1.54) is 25.3 Å². The zero-order valence-electron chi connectivity index (χ0n) is 19.6. The lowest BCUT2D eigenvalue weighted by atomic mass is 10.0. The quantitative estimate of drug-likeness (QED) is 0.370. The van der Waals surface area contributed by atoms with Gasteiger partial charge in [0, 0.05) is 29.9 Å². The summed E-state index contributed by atoms with van der Waals surface area (Å²) in [5, 5.41) is 9.46. The molecule has 5 rings (SSSR count). The third-order valence-electron chi connectivity index (χ3n) is 6.71. The number of fused-ring (bicyclic) bond motifs is 1. The average molecular weight is 494 g/mol. The van der Waals surface area contributed by atoms with Gasteiger partial charge in [-0.2, -0.15) is 5.10 Å². The Morgan fingerprint density at radius 3 is 2.72 bits per heavy atom. The molecule has 2 aromatic heterocycles. The Bertz CT molecular complexity index is 1520. The number of hydrogen-bond acceptors (Lipinski definition) is 5. The number of carbonyl (C=O) groups excluding carboxylic acids is 1. The smallest absolute Gasteiger partial charge is 0.288 e. The minimum Gasteiger partial charge on any atom is -0.496 e. The predicted octanol–water partition coefficient (Wildman–Crippen LogP) is 4.31. The maximum Gasteiger partial charge on any atom is 0.288 e. The van der Waals surface area contributed by atoms with Crippen LogP contribution in [0.15, 0.2) is 47.4 Å². The van der Waals surface area contributed by atoms with Crippen LogP contribution in [-0.2, 0) is 6.54 Å². The van der Waals surface area contributed by atoms with Crippen molar-refractivity contribution in [1.82, 2.24) is 20.1 Å². The number of rotatable bonds is 6. The number of carbonyl (C=O) groups is 1. The first-order valence-corrected chi connectivity index (χ1v) is 11.7. The van der Waals surface area contributed by atoms with Crippen LogP contribution < -0.4 is 21.3 Å². The van der Waals surface area contributed by atoms with Gasteiger partial charge >= 0.3 is 0 Å². The lowest BCUT2D eigenvalue weighted by Gasteiger charge is -2.12. The van der Waals surface area contributed by atoms with E-state index in [0.29, 0.717) is 22.0 Å². The maximum absolute atomic E-state index is 15.1. The van der Waals surface area contributed by atoms with E-state index in [1.807, 2.05) is 10.8 Å². The fourth-order valence-corrected chi connectivity index (χ4v) is 4.91. The summed E-state index contributed by atoms with van der Waals surface area (Å²) in [6, 6.07) is 8.39. The van der Waals surface area contributed by atoms with Crippen LogP contribution in [0.2, 0.25) is 0 Å². The summed E-state index contributed by atoms with van der Waals surface area (Å²) >= 11 is 0. The summed E-state index contributed by atoms with van der Waals surface area (Å²) in [5.41, 5.74) is 7.65. The van der Waals surface area contributed by atoms with Crippen LogP contribution in [-0.4, -0.2) is 27.8 Å². The maximum atomic E-state index is 15.1. The Morgan fingerprint density at radius 1 is 1.22 bits per heavy atom. The van der Waals surface area contributed by atoms with Crippen LogP contribution >= 0.6 is 0 Å². The Kier molecular flexibility index (Phi) is 6.17. The molecule has 1 aliphatic rings. The number of nitrogens with one attached hydrogen (secondary N) is 2. The van der Waals surface area contributed by atoms with E-state index in [0.717, 1.165) is 31.7 Å². The van der Waals surface area contributed by atoms with Gasteiger partial charge in [-0.05, 0) is 42.7 Å². The zero-order valence-corrected chi connectivity index (χ0v) is 19.6. The Balaban J connectivity index is 1.45. The van der Waals surface area contributed by atoms with Crippen molar-refractivity contribution in [1.29, 1.82) is 0 Å². The molecule has 0 aliphatic heterocycles. The molecule has 186 valence electrons. The van der Waals surface area contributed by atoms with Crippen molar-refractivity contribution in [2.75, 3.05) is 12.8 Å². The van der Waals surface area contributed by atoms with Crippen molar-refractivity contribution in [2.24, 2.45) is 0 Å². The highest BCUT2D eigenvalue weighted by Crippen LogP contribution is 2.38. The average Bonchev–Trinajstić information content (AvgIpc) is 3.54. The first-order valence-electron chi connectivity index (χ1n) is 11.7. The summed E-state index contributed by atoms with van der Waals surface area (Å²) in [7, 11) is 1.38. The highest BCUT2D eigenvalue weighted by Gasteiger charge is 2.24. The molecule has 10 heteroatoms. The minimum atomic E-state index is -0.590. The van der Waals surface area contributed by atoms with Gasteiger partial charge in [-0.15, -0.1) is 0 Å². The van der Waals surface area contributed by atoms with Crippen molar-refractivity contribution in [3.05, 3.63) is 75.7 Å². The third-order valence-corrected chi connectivity index (χ3v) is 6.71. The highest BCUT2D eigenvalue weighted by molar-refractivity contribution is 6.02. The molecule has 0 atom stereocenters. The van der Waals surface area contributed by atoms with Crippen molar-refractivity contribution in [2.45, 2.75) is 38.3 Å². The van der Waals surface area contributed by atoms with Crippen LogP contribution in [0.25, 0.3) is 22.0 Å². The minimum absolute atomic E-state index is 0.0162. The molecule has 2 heterocycles. The van der Waals surface area contributed by atoms with Gasteiger partial charge in [0.15, 0.2) is 5.82 Å². The van der Waals surface area contributed by atoms with E-state index >= 15 is 4.39 Å². The molecule has 1 fully saturated rings. The second-order valence-electron chi connectivity index (χ2n) is 8.88. The molecule has 2 aromatic carbocycles. The number of nitrogens with two attached hydrogens (primary N) is 1. The predicted molar refractivity (Wildman–Crippen MR) is 132 cm³/mol. The number of benzene rings is 2. The number of halogens is 2. The number of nitrogens with zero attached hydrogens (tertiary/aromatic N) is 2. The number of hydrogen-bond donors (Lipinski definition) is 3. The van der Waals surface area contributed by atoms with Crippen LogP contribution in [0.1, 0.15) is 47.6 Å². The number of methoxy groups -OCH3 is 1. The third kappa shape index (κ3) is 4.19. The Morgan fingerprint density at radius 2 is 2.00 bits per heavy atom. The summed E-state index contributed by atoms with van der Waals surface area (Å²) < 4.78 is 35.8. The van der Waals surface area contributed by atoms with Gasteiger partial charge in [-0.25, -0.2) is 13.9 Å². The first-order chi connectivity index (χ1) is 17.4. The number of nitrogen functional groups attached to an aromatic ring is 1. The van der Waals surface area contributed by atoms with Gasteiger partial charge in [0.25, 0.3) is 11.5 Å². The van der Waals surface area contributed by atoms with Gasteiger partial charge in [-0.3, -0.25) is 9.59 Å². The summed E-state index contributed by atoms with van der Waals surface area (Å²) in [6.45, 7) is -0.113. The fraction of sp³-hybridized carbons (Fsp3) is 0.269. The van der Waals surface area contributed by atoms with E-state index in [4.69, 9.17) is 10.5 Å². The molecule has 0 saturated heterocycles. The van der Waals surface area contributed by atoms with Gasteiger partial charge in [0.05, 0.1) is 18.1 Å². The SMILES string of the molecule is COc1ccc(F)cc1C(=O)NCc1ccc(-c2cn(C3CCCC3)c3c(=O)[nH]nc(N)c23)cc1F. The fourth-order valence-electron chi connectivity index (χ4n) is 4.91. The topological polar surface area (TPSA) is 115 Å². The molecule has 0 unspecified atom stereocenters. The lowest BCUT2D eigenvalue weighted by Crippen LogP contribution is -2.24. The van der Waals surface area contributed by atoms with Crippen molar-refractivity contribution in [3.63, 3.8) is 0 Å². The Hall–Kier alpha value is -4.21. The summed E-state index contributed by atoms with van der Waals surface area (Å²) in [5.74, 6) is -1.34. The number of anilines is 1. The number of amides is 1. The van der Waals surface area contributed by atoms with Gasteiger partial charge < -0.3 is 20.4 Å². The summed E-state index contributed by atoms with van der Waals surface area (Å²) in [6.07, 6.45) is 5.91. The molecule has 4 aromatic rings. The molecule has 36 heavy (non-hydrogen) atoms. The largest absolute Gasteiger partial charge is 0.496 e. The van der Waals surface area contributed by atoms with Crippen molar-refractivity contribution in [3.8, 4) is 16.9 Å². The van der Waals surface area contributed by atoms with Crippen LogP contribution in [0.5, 0.6) is 5.75 Å². The Labute approximate surface area is 205 Å². The van der Waals surface area contributed by atoms with E-state index in [1.54, 1.807) is 12.1 Å². The van der Waals surface area contributed by atoms with Crippen molar-refractivity contribution < 1.29 is 18.3 Å². The van der Waals surface area contributed by atoms with Gasteiger partial charge in [-0.1, -0.05) is 25.0 Å². The number of ether oxygens (including phenoxy) is 1. The standard InChI is InChI=1S/C26H25F2N5O3/c1-36-21-9-8-16(27)11-18(21)25(34)30-12-15-7-6-14(10-20(15)28)19-13-33(17-4-2-3-5-17)23-22(19)24(29)31-32-26(23)35/h6-11,13,17H,2-5,12H2,1H3,(H2,29,31)(H,30,34)(H,32,35). The van der Waals surface area contributed by atoms with Crippen LogP contribution in [0.4, 0.5) is 14.6 Å². The second-order valence-corrected chi connectivity index (χ2v) is 8.88. The van der Waals surface area contributed by atoms with E-state index < -0.39 is 17.5 Å². The highest BCUT2D eigenvalue weighted by atomic mass is 19.1. The molecular formula is C26H25F2N5O3. The molecule has 4 N–H and O–H groups in total. The van der Waals surface area contributed by atoms with E-state index in [9.17, 15) is 14.0 Å². The monoisotopic (exact) mass is 493 g/mol. The van der Waals surface area contributed by atoms with E-state index in [2.05, 4.69) is 15.5 Å². The van der Waals surface area contributed by atoms with Crippen molar-refractivity contribution >= 4 is 22.6 Å². The molecule has 8 nitrogen and oxygen atoms in total. The number of aromatic nitrogens is 3. The molecule has 1 saturated carbocycles. The molecule has 0 spiro atoms. The molecular weight excluding hydrogens is 468 g/mol. The lowest BCUT2D eigenvalue weighted by molar-refractivity contribution is 0.0947. The molecule has 0 radical (unpaired) electrons. The van der Waals surface area contributed by atoms with Gasteiger partial charge in [0.2, 0.25) is 0 Å². The normalized spacial score (nSPS) is 13.9. The van der Waals surface area contributed by atoms with Crippen LogP contribution in [0, 0.1) is 11.6 Å². The van der Waals surface area contributed by atoms with Crippen LogP contribution in [0.3, 0.4) is 0 Å². The first kappa shape index (κ1) is 23.5. The summed E-state index contributed by atoms with van der Waals surface area (Å²) in [4.78, 5) is 25.2. The molecule has 1 amide bonds. The number of aromatic amines is 1. The molecule has 1 aliphatic carbocycles. The number of H-pyrrole nitrogens is 1. The van der Waals surface area contributed by atoms with Gasteiger partial charge in [0.1, 0.15) is 22.9 Å². The zero-order chi connectivity index (χ0) is 25.4. The van der Waals surface area contributed by atoms with E-state index in [-0.39, 0.29) is 40.8 Å². The second kappa shape index (κ2) is 9.44.